The fourth-order valence-electron chi connectivity index (χ4n) is 5.93. The van der Waals surface area contributed by atoms with Crippen LogP contribution < -0.4 is 11.1 Å². The van der Waals surface area contributed by atoms with Crippen molar-refractivity contribution in [2.75, 3.05) is 25.0 Å². The average Bonchev–Trinajstić information content (AvgIpc) is 3.56. The molecule has 5 heterocycles. The number of aryl methyl sites for hydroxylation is 1. The van der Waals surface area contributed by atoms with Crippen molar-refractivity contribution in [3.05, 3.63) is 22.3 Å². The lowest BCUT2D eigenvalue weighted by Gasteiger charge is -2.22. The molecule has 3 fully saturated rings. The number of carbonyl (C=O) groups excluding carboxylic acids is 2. The molecule has 3 aliphatic heterocycles. The van der Waals surface area contributed by atoms with Gasteiger partial charge in [0.2, 0.25) is 5.91 Å². The van der Waals surface area contributed by atoms with Crippen LogP contribution in [0.25, 0.3) is 10.4 Å². The second kappa shape index (κ2) is 7.97. The Labute approximate surface area is 191 Å². The number of carbonyl (C=O) groups is 2. The third-order valence-electron chi connectivity index (χ3n) is 7.51. The molecule has 2 amide bonds. The number of aromatic nitrogens is 2. The summed E-state index contributed by atoms with van der Waals surface area (Å²) in [5.41, 5.74) is 9.51. The van der Waals surface area contributed by atoms with Crippen LogP contribution in [0.1, 0.15) is 65.7 Å². The Kier molecular flexibility index (Phi) is 5.07. The Morgan fingerprint density at radius 3 is 2.69 bits per heavy atom. The summed E-state index contributed by atoms with van der Waals surface area (Å²) in [7, 11) is 0. The zero-order valence-corrected chi connectivity index (χ0v) is 19.0. The van der Waals surface area contributed by atoms with Gasteiger partial charge in [-0.05, 0) is 75.9 Å². The van der Waals surface area contributed by atoms with Crippen LogP contribution in [0.4, 0.5) is 5.69 Å². The van der Waals surface area contributed by atoms with E-state index in [2.05, 4.69) is 16.4 Å². The number of piperidine rings is 1. The van der Waals surface area contributed by atoms with Gasteiger partial charge in [0.1, 0.15) is 11.1 Å². The molecule has 0 saturated carbocycles. The van der Waals surface area contributed by atoms with Crippen LogP contribution in [0.3, 0.4) is 0 Å². The monoisotopic (exact) mass is 455 g/mol. The summed E-state index contributed by atoms with van der Waals surface area (Å²) in [6.07, 6.45) is 9.96. The van der Waals surface area contributed by atoms with Crippen molar-refractivity contribution in [1.82, 2.24) is 14.7 Å². The predicted octanol–water partition coefficient (Wildman–Crippen LogP) is 2.93. The number of nitrogens with two attached hydrogens (primary N) is 1. The van der Waals surface area contributed by atoms with Gasteiger partial charge >= 0.3 is 0 Å². The SMILES string of the molecule is NC(=O)c1sc2c(c1NC(=O)C1C3CCN1CC3)CCCc1nn(C3CCCCO3)cc1-2. The molecule has 2 atom stereocenters. The number of rotatable bonds is 4. The van der Waals surface area contributed by atoms with Gasteiger partial charge in [-0.3, -0.25) is 14.5 Å². The third-order valence-corrected chi connectivity index (χ3v) is 8.79. The normalized spacial score (nSPS) is 28.8. The summed E-state index contributed by atoms with van der Waals surface area (Å²) < 4.78 is 7.88. The van der Waals surface area contributed by atoms with Crippen molar-refractivity contribution in [3.8, 4) is 10.4 Å². The van der Waals surface area contributed by atoms with Gasteiger partial charge in [0.15, 0.2) is 0 Å². The molecule has 9 heteroatoms. The fraction of sp³-hybridized carbons (Fsp3) is 0.609. The summed E-state index contributed by atoms with van der Waals surface area (Å²) in [6.45, 7) is 2.73. The van der Waals surface area contributed by atoms with Gasteiger partial charge in [-0.15, -0.1) is 11.3 Å². The number of hydrogen-bond donors (Lipinski definition) is 2. The van der Waals surface area contributed by atoms with E-state index in [1.165, 1.54) is 11.3 Å². The first-order valence-electron chi connectivity index (χ1n) is 11.8. The second-order valence-corrected chi connectivity index (χ2v) is 10.5. The van der Waals surface area contributed by atoms with E-state index in [1.807, 2.05) is 4.68 Å². The predicted molar refractivity (Wildman–Crippen MR) is 122 cm³/mol. The first-order chi connectivity index (χ1) is 15.6. The van der Waals surface area contributed by atoms with Gasteiger partial charge < -0.3 is 15.8 Å². The van der Waals surface area contributed by atoms with Crippen LogP contribution in [0.15, 0.2) is 6.20 Å². The average molecular weight is 456 g/mol. The quantitative estimate of drug-likeness (QED) is 0.738. The zero-order valence-electron chi connectivity index (χ0n) is 18.1. The van der Waals surface area contributed by atoms with E-state index >= 15 is 0 Å². The maximum atomic E-state index is 13.2. The highest BCUT2D eigenvalue weighted by Crippen LogP contribution is 2.45. The molecule has 32 heavy (non-hydrogen) atoms. The van der Waals surface area contributed by atoms with E-state index in [0.29, 0.717) is 16.5 Å². The van der Waals surface area contributed by atoms with Crippen LogP contribution in [0.5, 0.6) is 0 Å². The van der Waals surface area contributed by atoms with Gasteiger partial charge in [-0.2, -0.15) is 5.10 Å². The Morgan fingerprint density at radius 1 is 1.16 bits per heavy atom. The number of hydrogen-bond acceptors (Lipinski definition) is 6. The second-order valence-electron chi connectivity index (χ2n) is 9.43. The minimum atomic E-state index is -0.488. The van der Waals surface area contributed by atoms with E-state index < -0.39 is 5.91 Å². The molecular weight excluding hydrogens is 426 g/mol. The van der Waals surface area contributed by atoms with Gasteiger partial charge in [-0.1, -0.05) is 0 Å². The molecule has 0 radical (unpaired) electrons. The van der Waals surface area contributed by atoms with Crippen molar-refractivity contribution >= 4 is 28.8 Å². The number of primary amides is 1. The first-order valence-corrected chi connectivity index (χ1v) is 12.6. The molecule has 170 valence electrons. The molecule has 8 nitrogen and oxygen atoms in total. The van der Waals surface area contributed by atoms with Gasteiger partial charge in [-0.25, -0.2) is 4.68 Å². The molecule has 2 unspecified atom stereocenters. The molecule has 2 bridgehead atoms. The van der Waals surface area contributed by atoms with Crippen molar-refractivity contribution in [3.63, 3.8) is 0 Å². The standard InChI is InChI=1S/C23H29N5O3S/c24-22(29)21-18(25-23(30)19-13-7-9-27(19)10-8-13)14-4-3-5-16-15(20(14)32-21)12-28(26-16)17-6-1-2-11-31-17/h12-13,17,19H,1-11H2,(H2,24,29)(H,25,30). The van der Waals surface area contributed by atoms with Crippen molar-refractivity contribution < 1.29 is 14.3 Å². The lowest BCUT2D eigenvalue weighted by molar-refractivity contribution is -0.120. The number of nitrogens with zero attached hydrogens (tertiary/aromatic N) is 3. The fourth-order valence-corrected chi connectivity index (χ4v) is 7.12. The molecule has 2 aromatic rings. The molecule has 0 spiro atoms. The lowest BCUT2D eigenvalue weighted by Crippen LogP contribution is -2.38. The van der Waals surface area contributed by atoms with Crippen LogP contribution in [-0.2, 0) is 22.4 Å². The summed E-state index contributed by atoms with van der Waals surface area (Å²) in [5, 5.41) is 8.01. The van der Waals surface area contributed by atoms with E-state index in [-0.39, 0.29) is 18.2 Å². The third kappa shape index (κ3) is 3.29. The molecule has 6 rings (SSSR count). The van der Waals surface area contributed by atoms with Crippen molar-refractivity contribution in [2.24, 2.45) is 11.7 Å². The highest BCUT2D eigenvalue weighted by Gasteiger charge is 2.44. The molecule has 3 N–H and O–H groups in total. The van der Waals surface area contributed by atoms with Crippen LogP contribution in [-0.4, -0.2) is 52.2 Å². The van der Waals surface area contributed by atoms with Gasteiger partial charge in [0.25, 0.3) is 5.91 Å². The van der Waals surface area contributed by atoms with E-state index in [0.717, 1.165) is 92.8 Å². The number of thiophene rings is 1. The number of nitrogens with one attached hydrogen (secondary N) is 1. The lowest BCUT2D eigenvalue weighted by atomic mass is 9.99. The van der Waals surface area contributed by atoms with Crippen molar-refractivity contribution in [2.45, 2.75) is 63.6 Å². The molecule has 0 aromatic carbocycles. The van der Waals surface area contributed by atoms with Gasteiger partial charge in [0, 0.05) is 23.2 Å². The summed E-state index contributed by atoms with van der Waals surface area (Å²) >= 11 is 1.39. The molecule has 1 aliphatic carbocycles. The summed E-state index contributed by atoms with van der Waals surface area (Å²) in [4.78, 5) is 29.3. The largest absolute Gasteiger partial charge is 0.365 e. The Balaban J connectivity index is 1.36. The van der Waals surface area contributed by atoms with Crippen LogP contribution >= 0.6 is 11.3 Å². The molecular formula is C23H29N5O3S. The minimum absolute atomic E-state index is 0.00358. The van der Waals surface area contributed by atoms with Crippen molar-refractivity contribution in [1.29, 1.82) is 0 Å². The Hall–Kier alpha value is -2.23. The number of anilines is 1. The van der Waals surface area contributed by atoms with E-state index in [9.17, 15) is 9.59 Å². The van der Waals surface area contributed by atoms with Gasteiger partial charge in [0.05, 0.1) is 17.4 Å². The maximum absolute atomic E-state index is 13.2. The van der Waals surface area contributed by atoms with Crippen LogP contribution in [0.2, 0.25) is 0 Å². The summed E-state index contributed by atoms with van der Waals surface area (Å²) in [5.74, 6) is -0.0638. The Morgan fingerprint density at radius 2 is 2.00 bits per heavy atom. The summed E-state index contributed by atoms with van der Waals surface area (Å²) in [6, 6.07) is -0.0844. The highest BCUT2D eigenvalue weighted by molar-refractivity contribution is 7.18. The smallest absolute Gasteiger partial charge is 0.260 e. The van der Waals surface area contributed by atoms with E-state index in [1.54, 1.807) is 0 Å². The number of fused-ring (bicyclic) bond motifs is 5. The molecule has 3 saturated heterocycles. The van der Waals surface area contributed by atoms with Crippen LogP contribution in [0, 0.1) is 5.92 Å². The number of amides is 2. The molecule has 4 aliphatic rings. The first kappa shape index (κ1) is 20.4. The Bertz CT molecular complexity index is 1050. The highest BCUT2D eigenvalue weighted by atomic mass is 32.1. The topological polar surface area (TPSA) is 102 Å². The number of ether oxygens (including phenoxy) is 1. The molecule has 2 aromatic heterocycles. The zero-order chi connectivity index (χ0) is 21.8. The minimum Gasteiger partial charge on any atom is -0.365 e. The van der Waals surface area contributed by atoms with E-state index in [4.69, 9.17) is 15.6 Å². The maximum Gasteiger partial charge on any atom is 0.260 e.